The number of aryl methyl sites for hydroxylation is 1. The van der Waals surface area contributed by atoms with Crippen molar-refractivity contribution in [2.24, 2.45) is 0 Å². The van der Waals surface area contributed by atoms with Crippen molar-refractivity contribution in [3.8, 4) is 16.9 Å². The molecule has 118 valence electrons. The first-order chi connectivity index (χ1) is 10.7. The molecule has 0 N–H and O–H groups in total. The van der Waals surface area contributed by atoms with Crippen molar-refractivity contribution in [3.05, 3.63) is 53.8 Å². The van der Waals surface area contributed by atoms with Crippen molar-refractivity contribution in [1.29, 1.82) is 0 Å². The molecule has 2 aromatic rings. The molecule has 0 fully saturated rings. The Bertz CT molecular complexity index is 575. The Morgan fingerprint density at radius 3 is 2.18 bits per heavy atom. The second-order valence-corrected chi connectivity index (χ2v) is 5.71. The Morgan fingerprint density at radius 1 is 0.864 bits per heavy atom. The van der Waals surface area contributed by atoms with Crippen LogP contribution in [0.1, 0.15) is 44.6 Å². The minimum atomic E-state index is -0.319. The summed E-state index contributed by atoms with van der Waals surface area (Å²) in [6.07, 6.45) is 7.63. The van der Waals surface area contributed by atoms with Crippen LogP contribution in [0.25, 0.3) is 11.1 Å². The van der Waals surface area contributed by atoms with Crippen molar-refractivity contribution < 1.29 is 9.13 Å². The highest BCUT2D eigenvalue weighted by Crippen LogP contribution is 2.26. The highest BCUT2D eigenvalue weighted by atomic mass is 19.1. The van der Waals surface area contributed by atoms with Crippen LogP contribution in [0, 0.1) is 5.82 Å². The number of ether oxygens (including phenoxy) is 1. The van der Waals surface area contributed by atoms with E-state index in [-0.39, 0.29) is 11.6 Å². The van der Waals surface area contributed by atoms with Crippen LogP contribution in [0.2, 0.25) is 0 Å². The fourth-order valence-electron chi connectivity index (χ4n) is 2.64. The summed E-state index contributed by atoms with van der Waals surface area (Å²) in [5.74, 6) is -0.0348. The molecule has 0 atom stereocenters. The van der Waals surface area contributed by atoms with Crippen LogP contribution in [-0.4, -0.2) is 7.11 Å². The third-order valence-electron chi connectivity index (χ3n) is 4.01. The minimum Gasteiger partial charge on any atom is -0.494 e. The van der Waals surface area contributed by atoms with Crippen molar-refractivity contribution in [3.63, 3.8) is 0 Å². The number of halogens is 1. The van der Waals surface area contributed by atoms with Gasteiger partial charge in [0.2, 0.25) is 0 Å². The quantitative estimate of drug-likeness (QED) is 0.542. The van der Waals surface area contributed by atoms with Gasteiger partial charge in [-0.25, -0.2) is 4.39 Å². The highest BCUT2D eigenvalue weighted by molar-refractivity contribution is 5.64. The lowest BCUT2D eigenvalue weighted by molar-refractivity contribution is 0.386. The summed E-state index contributed by atoms with van der Waals surface area (Å²) in [5, 5.41) is 0. The van der Waals surface area contributed by atoms with Crippen LogP contribution in [0.3, 0.4) is 0 Å². The normalized spacial score (nSPS) is 10.7. The SMILES string of the molecule is CCCCCCCc1ccc(-c2ccc(OC)c(F)c2)cc1. The molecular formula is C20H25FO. The molecule has 2 rings (SSSR count). The molecule has 0 unspecified atom stereocenters. The highest BCUT2D eigenvalue weighted by Gasteiger charge is 2.05. The van der Waals surface area contributed by atoms with E-state index in [9.17, 15) is 4.39 Å². The zero-order valence-corrected chi connectivity index (χ0v) is 13.6. The largest absolute Gasteiger partial charge is 0.494 e. The monoisotopic (exact) mass is 300 g/mol. The Hall–Kier alpha value is -1.83. The van der Waals surface area contributed by atoms with Crippen LogP contribution in [0.5, 0.6) is 5.75 Å². The van der Waals surface area contributed by atoms with E-state index in [2.05, 4.69) is 31.2 Å². The molecule has 0 bridgehead atoms. The van der Waals surface area contributed by atoms with Crippen LogP contribution in [0.4, 0.5) is 4.39 Å². The van der Waals surface area contributed by atoms with Gasteiger partial charge in [0.05, 0.1) is 7.11 Å². The van der Waals surface area contributed by atoms with E-state index < -0.39 is 0 Å². The molecule has 0 aliphatic rings. The first-order valence-electron chi connectivity index (χ1n) is 8.17. The van der Waals surface area contributed by atoms with Gasteiger partial charge in [-0.05, 0) is 41.7 Å². The zero-order valence-electron chi connectivity index (χ0n) is 13.6. The summed E-state index contributed by atoms with van der Waals surface area (Å²) >= 11 is 0. The van der Waals surface area contributed by atoms with Gasteiger partial charge in [-0.2, -0.15) is 0 Å². The Morgan fingerprint density at radius 2 is 1.55 bits per heavy atom. The Labute approximate surface area is 133 Å². The molecule has 0 aliphatic carbocycles. The van der Waals surface area contributed by atoms with Gasteiger partial charge in [0.1, 0.15) is 0 Å². The van der Waals surface area contributed by atoms with Crippen LogP contribution >= 0.6 is 0 Å². The molecular weight excluding hydrogens is 275 g/mol. The second kappa shape index (κ2) is 8.57. The Kier molecular flexibility index (Phi) is 6.45. The average molecular weight is 300 g/mol. The lowest BCUT2D eigenvalue weighted by Crippen LogP contribution is -1.89. The molecule has 0 aliphatic heterocycles. The lowest BCUT2D eigenvalue weighted by Gasteiger charge is -2.07. The second-order valence-electron chi connectivity index (χ2n) is 5.71. The van der Waals surface area contributed by atoms with Gasteiger partial charge in [-0.15, -0.1) is 0 Å². The molecule has 0 aromatic heterocycles. The van der Waals surface area contributed by atoms with E-state index in [0.29, 0.717) is 0 Å². The number of rotatable bonds is 8. The van der Waals surface area contributed by atoms with E-state index in [0.717, 1.165) is 17.5 Å². The number of unbranched alkanes of at least 4 members (excludes halogenated alkanes) is 4. The van der Waals surface area contributed by atoms with Crippen LogP contribution in [-0.2, 0) is 6.42 Å². The number of methoxy groups -OCH3 is 1. The summed E-state index contributed by atoms with van der Waals surface area (Å²) in [6, 6.07) is 13.5. The van der Waals surface area contributed by atoms with Crippen molar-refractivity contribution >= 4 is 0 Å². The van der Waals surface area contributed by atoms with E-state index in [4.69, 9.17) is 4.74 Å². The van der Waals surface area contributed by atoms with Crippen LogP contribution in [0.15, 0.2) is 42.5 Å². The van der Waals surface area contributed by atoms with Crippen LogP contribution < -0.4 is 4.74 Å². The third-order valence-corrected chi connectivity index (χ3v) is 4.01. The number of benzene rings is 2. The maximum Gasteiger partial charge on any atom is 0.165 e. The molecule has 0 heterocycles. The standard InChI is InChI=1S/C20H25FO/c1-3-4-5-6-7-8-16-9-11-17(12-10-16)18-13-14-20(22-2)19(21)15-18/h9-15H,3-8H2,1-2H3. The van der Waals surface area contributed by atoms with Gasteiger partial charge in [0, 0.05) is 0 Å². The molecule has 0 spiro atoms. The van der Waals surface area contributed by atoms with Crippen molar-refractivity contribution in [1.82, 2.24) is 0 Å². The summed E-state index contributed by atoms with van der Waals surface area (Å²) in [4.78, 5) is 0. The summed E-state index contributed by atoms with van der Waals surface area (Å²) in [6.45, 7) is 2.24. The first-order valence-corrected chi connectivity index (χ1v) is 8.17. The molecule has 0 amide bonds. The van der Waals surface area contributed by atoms with Gasteiger partial charge in [-0.1, -0.05) is 62.9 Å². The zero-order chi connectivity index (χ0) is 15.8. The molecule has 0 saturated heterocycles. The Balaban J connectivity index is 1.95. The molecule has 2 aromatic carbocycles. The van der Waals surface area contributed by atoms with Gasteiger partial charge in [0.15, 0.2) is 11.6 Å². The smallest absolute Gasteiger partial charge is 0.165 e. The van der Waals surface area contributed by atoms with E-state index in [1.54, 1.807) is 6.07 Å². The number of hydrogen-bond donors (Lipinski definition) is 0. The third kappa shape index (κ3) is 4.59. The maximum absolute atomic E-state index is 13.8. The van der Waals surface area contributed by atoms with Gasteiger partial charge in [0.25, 0.3) is 0 Å². The maximum atomic E-state index is 13.8. The summed E-state index contributed by atoms with van der Waals surface area (Å²) < 4.78 is 18.7. The lowest BCUT2D eigenvalue weighted by atomic mass is 10.0. The molecule has 22 heavy (non-hydrogen) atoms. The fraction of sp³-hybridized carbons (Fsp3) is 0.400. The molecule has 0 saturated carbocycles. The molecule has 1 nitrogen and oxygen atoms in total. The average Bonchev–Trinajstić information content (AvgIpc) is 2.55. The van der Waals surface area contributed by atoms with E-state index in [1.165, 1.54) is 50.8 Å². The minimum absolute atomic E-state index is 0.285. The van der Waals surface area contributed by atoms with Gasteiger partial charge < -0.3 is 4.74 Å². The molecule has 2 heteroatoms. The van der Waals surface area contributed by atoms with E-state index >= 15 is 0 Å². The topological polar surface area (TPSA) is 9.23 Å². The van der Waals surface area contributed by atoms with Gasteiger partial charge in [-0.3, -0.25) is 0 Å². The van der Waals surface area contributed by atoms with Crippen molar-refractivity contribution in [2.45, 2.75) is 45.4 Å². The van der Waals surface area contributed by atoms with E-state index in [1.807, 2.05) is 6.07 Å². The predicted octanol–water partition coefficient (Wildman–Crippen LogP) is 6.01. The first kappa shape index (κ1) is 16.5. The fourth-order valence-corrected chi connectivity index (χ4v) is 2.64. The van der Waals surface area contributed by atoms with Gasteiger partial charge >= 0.3 is 0 Å². The molecule has 0 radical (unpaired) electrons. The number of hydrogen-bond acceptors (Lipinski definition) is 1. The predicted molar refractivity (Wildman–Crippen MR) is 90.9 cm³/mol. The summed E-state index contributed by atoms with van der Waals surface area (Å²) in [7, 11) is 1.48. The summed E-state index contributed by atoms with van der Waals surface area (Å²) in [5.41, 5.74) is 3.28. The van der Waals surface area contributed by atoms with Crippen molar-refractivity contribution in [2.75, 3.05) is 7.11 Å².